The standard InChI is InChI=1S/C12H18N2OS/c1-6-4-7(2)9-8(5-6)16-11(13)10(9)12(15)14-3/h6-7H,4-5,13H2,1-3H3,(H,14,15). The first kappa shape index (κ1) is 11.5. The van der Waals surface area contributed by atoms with Crippen LogP contribution >= 0.6 is 11.3 Å². The average Bonchev–Trinajstić information content (AvgIpc) is 2.53. The summed E-state index contributed by atoms with van der Waals surface area (Å²) in [5, 5.41) is 3.35. The van der Waals surface area contributed by atoms with Gasteiger partial charge < -0.3 is 11.1 Å². The van der Waals surface area contributed by atoms with Crippen LogP contribution in [0.1, 0.15) is 47.0 Å². The van der Waals surface area contributed by atoms with Gasteiger partial charge in [0.25, 0.3) is 5.91 Å². The number of rotatable bonds is 1. The van der Waals surface area contributed by atoms with Crippen molar-refractivity contribution in [3.63, 3.8) is 0 Å². The lowest BCUT2D eigenvalue weighted by Gasteiger charge is -2.25. The highest BCUT2D eigenvalue weighted by molar-refractivity contribution is 7.16. The van der Waals surface area contributed by atoms with Crippen molar-refractivity contribution in [3.05, 3.63) is 16.0 Å². The van der Waals surface area contributed by atoms with E-state index in [1.807, 2.05) is 0 Å². The van der Waals surface area contributed by atoms with E-state index in [0.717, 1.165) is 18.4 Å². The number of carbonyl (C=O) groups excluding carboxylic acids is 1. The van der Waals surface area contributed by atoms with E-state index < -0.39 is 0 Å². The molecule has 0 bridgehead atoms. The molecule has 0 spiro atoms. The summed E-state index contributed by atoms with van der Waals surface area (Å²) in [6.45, 7) is 4.45. The molecule has 1 heterocycles. The van der Waals surface area contributed by atoms with Crippen molar-refractivity contribution in [1.29, 1.82) is 0 Å². The summed E-state index contributed by atoms with van der Waals surface area (Å²) >= 11 is 1.58. The van der Waals surface area contributed by atoms with Crippen molar-refractivity contribution in [2.24, 2.45) is 5.92 Å². The smallest absolute Gasteiger partial charge is 0.254 e. The van der Waals surface area contributed by atoms with Gasteiger partial charge in [-0.15, -0.1) is 11.3 Å². The van der Waals surface area contributed by atoms with Gasteiger partial charge in [-0.3, -0.25) is 4.79 Å². The van der Waals surface area contributed by atoms with Crippen LogP contribution in [-0.2, 0) is 6.42 Å². The summed E-state index contributed by atoms with van der Waals surface area (Å²) in [7, 11) is 1.65. The van der Waals surface area contributed by atoms with Crippen LogP contribution in [0.3, 0.4) is 0 Å². The molecular formula is C12H18N2OS. The zero-order chi connectivity index (χ0) is 11.9. The fraction of sp³-hybridized carbons (Fsp3) is 0.583. The zero-order valence-electron chi connectivity index (χ0n) is 9.96. The summed E-state index contributed by atoms with van der Waals surface area (Å²) in [5.41, 5.74) is 7.88. The highest BCUT2D eigenvalue weighted by atomic mass is 32.1. The first-order valence-electron chi connectivity index (χ1n) is 5.67. The Bertz CT molecular complexity index is 425. The van der Waals surface area contributed by atoms with Crippen LogP contribution in [0.4, 0.5) is 5.00 Å². The van der Waals surface area contributed by atoms with E-state index >= 15 is 0 Å². The minimum atomic E-state index is -0.0450. The first-order valence-corrected chi connectivity index (χ1v) is 6.49. The van der Waals surface area contributed by atoms with Gasteiger partial charge in [0.05, 0.1) is 10.6 Å². The SMILES string of the molecule is CNC(=O)c1c(N)sc2c1C(C)CC(C)C2. The third-order valence-corrected chi connectivity index (χ3v) is 4.34. The molecule has 1 amide bonds. The molecule has 0 aliphatic heterocycles. The molecule has 3 nitrogen and oxygen atoms in total. The Morgan fingerprint density at radius 2 is 2.19 bits per heavy atom. The molecule has 0 saturated heterocycles. The van der Waals surface area contributed by atoms with Crippen molar-refractivity contribution in [2.45, 2.75) is 32.6 Å². The Kier molecular flexibility index (Phi) is 2.93. The zero-order valence-corrected chi connectivity index (χ0v) is 10.8. The van der Waals surface area contributed by atoms with Gasteiger partial charge in [0, 0.05) is 11.9 Å². The fourth-order valence-electron chi connectivity index (χ4n) is 2.66. The molecule has 0 saturated carbocycles. The number of nitrogen functional groups attached to an aromatic ring is 1. The Morgan fingerprint density at radius 3 is 2.81 bits per heavy atom. The molecule has 2 rings (SSSR count). The summed E-state index contributed by atoms with van der Waals surface area (Å²) in [6.07, 6.45) is 2.21. The van der Waals surface area contributed by atoms with Crippen LogP contribution in [0.5, 0.6) is 0 Å². The van der Waals surface area contributed by atoms with Gasteiger partial charge in [0.15, 0.2) is 0 Å². The predicted molar refractivity (Wildman–Crippen MR) is 68.0 cm³/mol. The lowest BCUT2D eigenvalue weighted by molar-refractivity contribution is 0.0962. The predicted octanol–water partition coefficient (Wildman–Crippen LogP) is 2.38. The van der Waals surface area contributed by atoms with Crippen LogP contribution in [0.15, 0.2) is 0 Å². The summed E-state index contributed by atoms with van der Waals surface area (Å²) in [5.74, 6) is 1.09. The second-order valence-corrected chi connectivity index (χ2v) is 5.84. The Morgan fingerprint density at radius 1 is 1.50 bits per heavy atom. The molecule has 1 aliphatic carbocycles. The number of amides is 1. The molecule has 3 N–H and O–H groups in total. The molecule has 1 aliphatic rings. The van der Waals surface area contributed by atoms with Gasteiger partial charge in [-0.05, 0) is 30.2 Å². The van der Waals surface area contributed by atoms with Gasteiger partial charge in [0.2, 0.25) is 0 Å². The summed E-state index contributed by atoms with van der Waals surface area (Å²) < 4.78 is 0. The Labute approximate surface area is 100 Å². The molecule has 2 atom stereocenters. The van der Waals surface area contributed by atoms with Crippen molar-refractivity contribution in [1.82, 2.24) is 5.32 Å². The van der Waals surface area contributed by atoms with Crippen LogP contribution in [0.25, 0.3) is 0 Å². The van der Waals surface area contributed by atoms with Crippen molar-refractivity contribution < 1.29 is 4.79 Å². The number of hydrogen-bond acceptors (Lipinski definition) is 3. The molecule has 16 heavy (non-hydrogen) atoms. The molecule has 0 radical (unpaired) electrons. The maximum atomic E-state index is 11.8. The maximum absolute atomic E-state index is 11.8. The highest BCUT2D eigenvalue weighted by Gasteiger charge is 2.30. The van der Waals surface area contributed by atoms with Crippen LogP contribution < -0.4 is 11.1 Å². The van der Waals surface area contributed by atoms with Crippen LogP contribution in [-0.4, -0.2) is 13.0 Å². The largest absolute Gasteiger partial charge is 0.390 e. The second kappa shape index (κ2) is 4.09. The molecule has 0 fully saturated rings. The number of nitrogens with two attached hydrogens (primary N) is 1. The van der Waals surface area contributed by atoms with Gasteiger partial charge >= 0.3 is 0 Å². The number of anilines is 1. The highest BCUT2D eigenvalue weighted by Crippen LogP contribution is 2.43. The molecule has 1 aromatic heterocycles. The van der Waals surface area contributed by atoms with E-state index in [1.54, 1.807) is 18.4 Å². The molecule has 4 heteroatoms. The third-order valence-electron chi connectivity index (χ3n) is 3.29. The van der Waals surface area contributed by atoms with Crippen LogP contribution in [0.2, 0.25) is 0 Å². The first-order chi connectivity index (χ1) is 7.54. The third kappa shape index (κ3) is 1.71. The number of fused-ring (bicyclic) bond motifs is 1. The Hall–Kier alpha value is -1.03. The van der Waals surface area contributed by atoms with Gasteiger partial charge in [-0.1, -0.05) is 13.8 Å². The normalized spacial score (nSPS) is 23.9. The monoisotopic (exact) mass is 238 g/mol. The van der Waals surface area contributed by atoms with E-state index in [9.17, 15) is 4.79 Å². The minimum absolute atomic E-state index is 0.0450. The molecule has 1 aromatic rings. The van der Waals surface area contributed by atoms with Crippen molar-refractivity contribution >= 4 is 22.2 Å². The van der Waals surface area contributed by atoms with Crippen LogP contribution in [0, 0.1) is 5.92 Å². The molecule has 88 valence electrons. The van der Waals surface area contributed by atoms with E-state index in [2.05, 4.69) is 19.2 Å². The van der Waals surface area contributed by atoms with Gasteiger partial charge in [0.1, 0.15) is 0 Å². The lowest BCUT2D eigenvalue weighted by Crippen LogP contribution is -2.22. The lowest BCUT2D eigenvalue weighted by atomic mass is 9.81. The minimum Gasteiger partial charge on any atom is -0.390 e. The number of hydrogen-bond donors (Lipinski definition) is 2. The van der Waals surface area contributed by atoms with E-state index in [0.29, 0.717) is 16.8 Å². The topological polar surface area (TPSA) is 55.1 Å². The Balaban J connectivity index is 2.52. The maximum Gasteiger partial charge on any atom is 0.254 e. The molecule has 0 aromatic carbocycles. The number of carbonyl (C=O) groups is 1. The van der Waals surface area contributed by atoms with Gasteiger partial charge in [-0.25, -0.2) is 0 Å². The molecular weight excluding hydrogens is 220 g/mol. The quantitative estimate of drug-likeness (QED) is 0.789. The van der Waals surface area contributed by atoms with E-state index in [1.165, 1.54) is 10.4 Å². The van der Waals surface area contributed by atoms with E-state index in [4.69, 9.17) is 5.73 Å². The van der Waals surface area contributed by atoms with E-state index in [-0.39, 0.29) is 5.91 Å². The van der Waals surface area contributed by atoms with Crippen molar-refractivity contribution in [3.8, 4) is 0 Å². The molecule has 2 unspecified atom stereocenters. The number of nitrogens with one attached hydrogen (secondary N) is 1. The summed E-state index contributed by atoms with van der Waals surface area (Å²) in [4.78, 5) is 13.1. The fourth-order valence-corrected chi connectivity index (χ4v) is 4.02. The number of thiophene rings is 1. The second-order valence-electron chi connectivity index (χ2n) is 4.70. The average molecular weight is 238 g/mol. The van der Waals surface area contributed by atoms with Gasteiger partial charge in [-0.2, -0.15) is 0 Å². The summed E-state index contributed by atoms with van der Waals surface area (Å²) in [6, 6.07) is 0. The van der Waals surface area contributed by atoms with Crippen molar-refractivity contribution in [2.75, 3.05) is 12.8 Å².